The summed E-state index contributed by atoms with van der Waals surface area (Å²) in [5.41, 5.74) is 4.14. The first-order valence-electron chi connectivity index (χ1n) is 12.9. The van der Waals surface area contributed by atoms with Crippen molar-refractivity contribution in [1.29, 1.82) is 0 Å². The molecule has 0 heterocycles. The Kier molecular flexibility index (Phi) is 9.40. The molecular formula is C34H30N2O4. The molecule has 0 unspecified atom stereocenters. The predicted molar refractivity (Wildman–Crippen MR) is 159 cm³/mol. The van der Waals surface area contributed by atoms with Gasteiger partial charge in [-0.2, -0.15) is 0 Å². The van der Waals surface area contributed by atoms with E-state index in [-0.39, 0.29) is 11.5 Å². The first-order valence-corrected chi connectivity index (χ1v) is 12.9. The van der Waals surface area contributed by atoms with Crippen molar-refractivity contribution in [2.24, 2.45) is 0 Å². The number of carbonyl (C=O) groups excluding carboxylic acids is 3. The van der Waals surface area contributed by atoms with Crippen LogP contribution in [0.15, 0.2) is 115 Å². The van der Waals surface area contributed by atoms with Crippen molar-refractivity contribution in [1.82, 2.24) is 5.32 Å². The average molecular weight is 531 g/mol. The van der Waals surface area contributed by atoms with E-state index in [9.17, 15) is 14.4 Å². The largest absolute Gasteiger partial charge is 0.493 e. The van der Waals surface area contributed by atoms with Crippen LogP contribution in [-0.2, 0) is 4.79 Å². The third-order valence-electron chi connectivity index (χ3n) is 5.98. The lowest BCUT2D eigenvalue weighted by atomic mass is 10.1. The van der Waals surface area contributed by atoms with Crippen molar-refractivity contribution in [3.8, 4) is 5.75 Å². The summed E-state index contributed by atoms with van der Waals surface area (Å²) >= 11 is 0. The molecule has 6 heteroatoms. The number of benzene rings is 4. The zero-order chi connectivity index (χ0) is 28.3. The zero-order valence-corrected chi connectivity index (χ0v) is 22.4. The van der Waals surface area contributed by atoms with Gasteiger partial charge in [-0.1, -0.05) is 66.2 Å². The van der Waals surface area contributed by atoms with Crippen LogP contribution < -0.4 is 15.4 Å². The third-order valence-corrected chi connectivity index (χ3v) is 5.98. The van der Waals surface area contributed by atoms with Crippen molar-refractivity contribution in [2.45, 2.75) is 13.8 Å². The molecule has 4 aromatic carbocycles. The van der Waals surface area contributed by atoms with Crippen LogP contribution in [0.2, 0.25) is 0 Å². The molecule has 0 aromatic heterocycles. The normalized spacial score (nSPS) is 11.2. The molecule has 0 aliphatic rings. The quantitative estimate of drug-likeness (QED) is 0.177. The molecule has 0 spiro atoms. The van der Waals surface area contributed by atoms with Crippen LogP contribution in [0.4, 0.5) is 5.69 Å². The summed E-state index contributed by atoms with van der Waals surface area (Å²) in [6.07, 6.45) is 4.84. The number of hydrogen-bond acceptors (Lipinski definition) is 4. The van der Waals surface area contributed by atoms with Gasteiger partial charge in [0.1, 0.15) is 11.4 Å². The van der Waals surface area contributed by atoms with E-state index in [1.54, 1.807) is 60.7 Å². The Bertz CT molecular complexity index is 1540. The molecule has 2 N–H and O–H groups in total. The molecule has 0 bridgehead atoms. The molecule has 4 rings (SSSR count). The number of aryl methyl sites for hydroxylation is 1. The Hall–Kier alpha value is -5.23. The second-order valence-corrected chi connectivity index (χ2v) is 8.99. The van der Waals surface area contributed by atoms with Gasteiger partial charge in [-0.3, -0.25) is 14.4 Å². The number of ketones is 1. The fourth-order valence-corrected chi connectivity index (χ4v) is 3.85. The Morgan fingerprint density at radius 1 is 0.775 bits per heavy atom. The van der Waals surface area contributed by atoms with Gasteiger partial charge in [0.25, 0.3) is 11.8 Å². The zero-order valence-electron chi connectivity index (χ0n) is 22.4. The highest BCUT2D eigenvalue weighted by atomic mass is 16.5. The number of ether oxygens (including phenoxy) is 1. The molecule has 2 amide bonds. The molecule has 0 saturated heterocycles. The first-order chi connectivity index (χ1) is 19.4. The van der Waals surface area contributed by atoms with Crippen molar-refractivity contribution < 1.29 is 19.1 Å². The summed E-state index contributed by atoms with van der Waals surface area (Å²) in [7, 11) is 0. The summed E-state index contributed by atoms with van der Waals surface area (Å²) in [6.45, 7) is 4.41. The highest BCUT2D eigenvalue weighted by Crippen LogP contribution is 2.20. The van der Waals surface area contributed by atoms with Crippen LogP contribution in [0.1, 0.15) is 44.3 Å². The molecule has 0 saturated carbocycles. The van der Waals surface area contributed by atoms with Crippen LogP contribution in [0.25, 0.3) is 12.2 Å². The van der Waals surface area contributed by atoms with Gasteiger partial charge in [-0.05, 0) is 80.1 Å². The van der Waals surface area contributed by atoms with Crippen LogP contribution in [0.5, 0.6) is 5.75 Å². The Labute approximate surface area is 234 Å². The highest BCUT2D eigenvalue weighted by Gasteiger charge is 2.15. The van der Waals surface area contributed by atoms with E-state index >= 15 is 0 Å². The number of rotatable bonds is 10. The summed E-state index contributed by atoms with van der Waals surface area (Å²) in [6, 6.07) is 30.4. The minimum absolute atomic E-state index is 0.0914. The SMILES string of the molecule is CCOc1ccccc1/C=C/C(=O)c1ccc(NC(=O)/C(=C/c2ccc(C)cc2)NC(=O)c2ccccc2)cc1. The predicted octanol–water partition coefficient (Wildman–Crippen LogP) is 6.70. The maximum absolute atomic E-state index is 13.2. The van der Waals surface area contributed by atoms with Gasteiger partial charge in [-0.25, -0.2) is 0 Å². The van der Waals surface area contributed by atoms with Gasteiger partial charge < -0.3 is 15.4 Å². The van der Waals surface area contributed by atoms with Gasteiger partial charge >= 0.3 is 0 Å². The molecule has 200 valence electrons. The smallest absolute Gasteiger partial charge is 0.272 e. The van der Waals surface area contributed by atoms with Crippen molar-refractivity contribution in [3.05, 3.63) is 143 Å². The van der Waals surface area contributed by atoms with E-state index in [1.807, 2.05) is 68.4 Å². The number of carbonyl (C=O) groups is 3. The number of para-hydroxylation sites is 1. The summed E-state index contributed by atoms with van der Waals surface area (Å²) in [5.74, 6) is -0.357. The fourth-order valence-electron chi connectivity index (χ4n) is 3.85. The molecule has 0 radical (unpaired) electrons. The molecule has 0 aliphatic heterocycles. The minimum Gasteiger partial charge on any atom is -0.493 e. The first kappa shape index (κ1) is 27.8. The second kappa shape index (κ2) is 13.5. The second-order valence-electron chi connectivity index (χ2n) is 8.99. The molecule has 6 nitrogen and oxygen atoms in total. The van der Waals surface area contributed by atoms with Crippen LogP contribution in [0.3, 0.4) is 0 Å². The lowest BCUT2D eigenvalue weighted by Gasteiger charge is -2.12. The average Bonchev–Trinajstić information content (AvgIpc) is 2.98. The van der Waals surface area contributed by atoms with E-state index in [0.29, 0.717) is 29.2 Å². The Morgan fingerprint density at radius 2 is 1.45 bits per heavy atom. The fraction of sp³-hybridized carbons (Fsp3) is 0.0882. The minimum atomic E-state index is -0.489. The number of hydrogen-bond donors (Lipinski definition) is 2. The summed E-state index contributed by atoms with van der Waals surface area (Å²) in [4.78, 5) is 38.8. The van der Waals surface area contributed by atoms with Crippen LogP contribution in [-0.4, -0.2) is 24.2 Å². The summed E-state index contributed by atoms with van der Waals surface area (Å²) < 4.78 is 5.61. The van der Waals surface area contributed by atoms with Gasteiger partial charge in [0.2, 0.25) is 0 Å². The molecule has 4 aromatic rings. The third kappa shape index (κ3) is 7.65. The van der Waals surface area contributed by atoms with E-state index < -0.39 is 11.8 Å². The maximum Gasteiger partial charge on any atom is 0.272 e. The van der Waals surface area contributed by atoms with Crippen molar-refractivity contribution >= 4 is 35.4 Å². The van der Waals surface area contributed by atoms with Gasteiger partial charge in [-0.15, -0.1) is 0 Å². The van der Waals surface area contributed by atoms with Crippen LogP contribution in [0, 0.1) is 6.92 Å². The molecule has 40 heavy (non-hydrogen) atoms. The standard InChI is InChI=1S/C34H30N2O4/c1-3-40-32-12-8-7-9-27(32)19-22-31(37)26-17-20-29(21-18-26)35-34(39)30(23-25-15-13-24(2)14-16-25)36-33(38)28-10-5-4-6-11-28/h4-23H,3H2,1-2H3,(H,35,39)(H,36,38)/b22-19+,30-23-. The van der Waals surface area contributed by atoms with E-state index in [0.717, 1.165) is 16.7 Å². The molecule has 0 atom stereocenters. The van der Waals surface area contributed by atoms with Gasteiger partial charge in [0.15, 0.2) is 5.78 Å². The summed E-state index contributed by atoms with van der Waals surface area (Å²) in [5, 5.41) is 5.54. The van der Waals surface area contributed by atoms with Crippen molar-refractivity contribution in [2.75, 3.05) is 11.9 Å². The number of allylic oxidation sites excluding steroid dienone is 1. The lowest BCUT2D eigenvalue weighted by Crippen LogP contribution is -2.30. The van der Waals surface area contributed by atoms with E-state index in [1.165, 1.54) is 6.08 Å². The topological polar surface area (TPSA) is 84.5 Å². The van der Waals surface area contributed by atoms with E-state index in [2.05, 4.69) is 10.6 Å². The van der Waals surface area contributed by atoms with Gasteiger partial charge in [0, 0.05) is 22.4 Å². The molecule has 0 fully saturated rings. The Balaban J connectivity index is 1.48. The lowest BCUT2D eigenvalue weighted by molar-refractivity contribution is -0.113. The van der Waals surface area contributed by atoms with Gasteiger partial charge in [0.05, 0.1) is 6.61 Å². The maximum atomic E-state index is 13.2. The number of amides is 2. The van der Waals surface area contributed by atoms with Crippen molar-refractivity contribution in [3.63, 3.8) is 0 Å². The number of anilines is 1. The molecule has 0 aliphatic carbocycles. The van der Waals surface area contributed by atoms with E-state index in [4.69, 9.17) is 4.74 Å². The monoisotopic (exact) mass is 530 g/mol. The van der Waals surface area contributed by atoms with Crippen LogP contribution >= 0.6 is 0 Å². The highest BCUT2D eigenvalue weighted by molar-refractivity contribution is 6.11. The Morgan fingerprint density at radius 3 is 2.15 bits per heavy atom. The number of nitrogens with one attached hydrogen (secondary N) is 2. The molecular weight excluding hydrogens is 500 g/mol.